The molecule has 1 amide bonds. The Morgan fingerprint density at radius 3 is 2.92 bits per heavy atom. The monoisotopic (exact) mass is 378 g/mol. The van der Waals surface area contributed by atoms with E-state index in [2.05, 4.69) is 15.2 Å². The van der Waals surface area contributed by atoms with E-state index in [4.69, 9.17) is 4.98 Å². The van der Waals surface area contributed by atoms with E-state index < -0.39 is 0 Å². The highest BCUT2D eigenvalue weighted by molar-refractivity contribution is 5.85. The first kappa shape index (κ1) is 19.6. The second kappa shape index (κ2) is 9.14. The number of carbonyl (C=O) groups is 1. The van der Waals surface area contributed by atoms with Crippen molar-refractivity contribution in [3.05, 3.63) is 23.3 Å². The van der Waals surface area contributed by atoms with E-state index in [1.54, 1.807) is 0 Å². The van der Waals surface area contributed by atoms with Crippen LogP contribution in [0.1, 0.15) is 74.4 Å². The summed E-state index contributed by atoms with van der Waals surface area (Å²) in [5, 5.41) is 3.37. The molecule has 0 radical (unpaired) electrons. The third-order valence-electron chi connectivity index (χ3n) is 6.21. The molecule has 3 heterocycles. The lowest BCUT2D eigenvalue weighted by Gasteiger charge is -2.32. The summed E-state index contributed by atoms with van der Waals surface area (Å²) in [7, 11) is 0. The highest BCUT2D eigenvalue weighted by Crippen LogP contribution is 2.30. The number of nitrogens with one attached hydrogen (secondary N) is 1. The van der Waals surface area contributed by atoms with Gasteiger partial charge in [0.2, 0.25) is 5.91 Å². The number of aromatic nitrogens is 2. The van der Waals surface area contributed by atoms with Crippen molar-refractivity contribution in [3.63, 3.8) is 0 Å². The molecule has 6 heteroatoms. The molecule has 5 nitrogen and oxygen atoms in total. The van der Waals surface area contributed by atoms with Crippen LogP contribution in [0.3, 0.4) is 0 Å². The number of rotatable bonds is 4. The topological polar surface area (TPSA) is 58.1 Å². The second-order valence-electron chi connectivity index (χ2n) is 7.99. The fourth-order valence-corrected chi connectivity index (χ4v) is 4.65. The molecule has 1 unspecified atom stereocenters. The predicted molar refractivity (Wildman–Crippen MR) is 104 cm³/mol. The normalized spacial score (nSPS) is 23.4. The first-order valence-electron chi connectivity index (χ1n) is 10.1. The fraction of sp³-hybridized carbons (Fsp3) is 0.750. The molecule has 1 N–H and O–H groups in total. The Balaban J connectivity index is 0.00000196. The zero-order valence-corrected chi connectivity index (χ0v) is 16.4. The number of carbonyl (C=O) groups excluding carboxylic acids is 1. The largest absolute Gasteiger partial charge is 0.342 e. The van der Waals surface area contributed by atoms with E-state index in [0.717, 1.165) is 70.0 Å². The minimum Gasteiger partial charge on any atom is -0.342 e. The minimum atomic E-state index is 0. The van der Waals surface area contributed by atoms with Crippen molar-refractivity contribution in [2.45, 2.75) is 70.3 Å². The Morgan fingerprint density at radius 1 is 1.23 bits per heavy atom. The number of halogens is 1. The Hall–Kier alpha value is -1.20. The van der Waals surface area contributed by atoms with Crippen LogP contribution in [0.2, 0.25) is 0 Å². The van der Waals surface area contributed by atoms with E-state index in [1.807, 2.05) is 6.20 Å². The van der Waals surface area contributed by atoms with Gasteiger partial charge in [-0.2, -0.15) is 0 Å². The number of likely N-dealkylation sites (tertiary alicyclic amines) is 1. The summed E-state index contributed by atoms with van der Waals surface area (Å²) in [5.41, 5.74) is 2.43. The SMILES string of the molecule is Cl.O=C(CCC1CCCC1)N1CCCC(c2ncc3c(n2)CCNC3)C1. The maximum atomic E-state index is 12.6. The van der Waals surface area contributed by atoms with Gasteiger partial charge in [0.15, 0.2) is 0 Å². The minimum absolute atomic E-state index is 0. The van der Waals surface area contributed by atoms with E-state index in [-0.39, 0.29) is 12.4 Å². The number of hydrogen-bond donors (Lipinski definition) is 1. The van der Waals surface area contributed by atoms with Crippen LogP contribution in [0.5, 0.6) is 0 Å². The van der Waals surface area contributed by atoms with Crippen LogP contribution < -0.4 is 5.32 Å². The van der Waals surface area contributed by atoms with Crippen LogP contribution >= 0.6 is 12.4 Å². The maximum Gasteiger partial charge on any atom is 0.222 e. The number of nitrogens with zero attached hydrogens (tertiary/aromatic N) is 3. The summed E-state index contributed by atoms with van der Waals surface area (Å²) in [6, 6.07) is 0. The smallest absolute Gasteiger partial charge is 0.222 e. The summed E-state index contributed by atoms with van der Waals surface area (Å²) >= 11 is 0. The van der Waals surface area contributed by atoms with Gasteiger partial charge in [-0.15, -0.1) is 12.4 Å². The van der Waals surface area contributed by atoms with Gasteiger partial charge in [-0.05, 0) is 25.2 Å². The first-order chi connectivity index (χ1) is 12.3. The van der Waals surface area contributed by atoms with Gasteiger partial charge in [-0.25, -0.2) is 9.97 Å². The van der Waals surface area contributed by atoms with Crippen LogP contribution in [0.25, 0.3) is 0 Å². The lowest BCUT2D eigenvalue weighted by Crippen LogP contribution is -2.39. The third kappa shape index (κ3) is 4.55. The van der Waals surface area contributed by atoms with Gasteiger partial charge in [0.1, 0.15) is 5.82 Å². The zero-order chi connectivity index (χ0) is 17.1. The molecule has 1 atom stereocenters. The number of fused-ring (bicyclic) bond motifs is 1. The van der Waals surface area contributed by atoms with E-state index in [1.165, 1.54) is 36.9 Å². The van der Waals surface area contributed by atoms with Crippen molar-refractivity contribution in [1.82, 2.24) is 20.2 Å². The molecule has 2 aliphatic heterocycles. The number of piperidine rings is 1. The molecular weight excluding hydrogens is 348 g/mol. The molecule has 2 fully saturated rings. The molecule has 1 aromatic heterocycles. The lowest BCUT2D eigenvalue weighted by molar-refractivity contribution is -0.132. The molecule has 144 valence electrons. The Kier molecular flexibility index (Phi) is 6.87. The average molecular weight is 379 g/mol. The van der Waals surface area contributed by atoms with Crippen LogP contribution in [-0.4, -0.2) is 40.4 Å². The van der Waals surface area contributed by atoms with Gasteiger partial charge < -0.3 is 10.2 Å². The fourth-order valence-electron chi connectivity index (χ4n) is 4.65. The maximum absolute atomic E-state index is 12.6. The van der Waals surface area contributed by atoms with Crippen molar-refractivity contribution in [3.8, 4) is 0 Å². The van der Waals surface area contributed by atoms with Crippen LogP contribution in [-0.2, 0) is 17.8 Å². The number of hydrogen-bond acceptors (Lipinski definition) is 4. The van der Waals surface area contributed by atoms with Gasteiger partial charge in [0, 0.05) is 62.4 Å². The molecule has 0 spiro atoms. The van der Waals surface area contributed by atoms with E-state index in [0.29, 0.717) is 11.8 Å². The van der Waals surface area contributed by atoms with Crippen LogP contribution in [0, 0.1) is 5.92 Å². The van der Waals surface area contributed by atoms with Gasteiger partial charge in [0.25, 0.3) is 0 Å². The van der Waals surface area contributed by atoms with Gasteiger partial charge in [-0.1, -0.05) is 25.7 Å². The Bertz CT molecular complexity index is 618. The summed E-state index contributed by atoms with van der Waals surface area (Å²) in [4.78, 5) is 24.2. The van der Waals surface area contributed by atoms with Crippen LogP contribution in [0.4, 0.5) is 0 Å². The van der Waals surface area contributed by atoms with Crippen molar-refractivity contribution in [2.75, 3.05) is 19.6 Å². The molecule has 1 saturated heterocycles. The number of amides is 1. The standard InChI is InChI=1S/C20H30N4O.ClH/c25-19(8-7-15-4-1-2-5-15)24-11-3-6-16(14-24)20-22-13-17-12-21-10-9-18(17)23-20;/h13,15-16,21H,1-12,14H2;1H. The molecule has 1 aliphatic carbocycles. The molecule has 26 heavy (non-hydrogen) atoms. The van der Waals surface area contributed by atoms with Gasteiger partial charge >= 0.3 is 0 Å². The molecule has 3 aliphatic rings. The third-order valence-corrected chi connectivity index (χ3v) is 6.21. The first-order valence-corrected chi connectivity index (χ1v) is 10.1. The summed E-state index contributed by atoms with van der Waals surface area (Å²) in [5.74, 6) is 2.40. The zero-order valence-electron chi connectivity index (χ0n) is 15.6. The van der Waals surface area contributed by atoms with Crippen molar-refractivity contribution in [1.29, 1.82) is 0 Å². The highest BCUT2D eigenvalue weighted by Gasteiger charge is 2.27. The van der Waals surface area contributed by atoms with E-state index in [9.17, 15) is 4.79 Å². The molecule has 0 bridgehead atoms. The van der Waals surface area contributed by atoms with Crippen LogP contribution in [0.15, 0.2) is 6.20 Å². The Labute approximate surface area is 162 Å². The quantitative estimate of drug-likeness (QED) is 0.873. The van der Waals surface area contributed by atoms with Crippen molar-refractivity contribution < 1.29 is 4.79 Å². The van der Waals surface area contributed by atoms with Gasteiger partial charge in [-0.3, -0.25) is 4.79 Å². The second-order valence-corrected chi connectivity index (χ2v) is 7.99. The van der Waals surface area contributed by atoms with E-state index >= 15 is 0 Å². The summed E-state index contributed by atoms with van der Waals surface area (Å²) < 4.78 is 0. The molecule has 4 rings (SSSR count). The van der Waals surface area contributed by atoms with Crippen molar-refractivity contribution in [2.24, 2.45) is 5.92 Å². The lowest BCUT2D eigenvalue weighted by atomic mass is 9.95. The average Bonchev–Trinajstić information content (AvgIpc) is 3.19. The summed E-state index contributed by atoms with van der Waals surface area (Å²) in [6.45, 7) is 3.60. The Morgan fingerprint density at radius 2 is 2.08 bits per heavy atom. The molecular formula is C20H31ClN4O. The molecule has 1 aromatic rings. The predicted octanol–water partition coefficient (Wildman–Crippen LogP) is 3.22. The molecule has 0 aromatic carbocycles. The highest BCUT2D eigenvalue weighted by atomic mass is 35.5. The molecule has 1 saturated carbocycles. The van der Waals surface area contributed by atoms with Crippen molar-refractivity contribution >= 4 is 18.3 Å². The summed E-state index contributed by atoms with van der Waals surface area (Å²) in [6.07, 6.45) is 12.3. The van der Waals surface area contributed by atoms with Gasteiger partial charge in [0.05, 0.1) is 0 Å².